The van der Waals surface area contributed by atoms with E-state index < -0.39 is 7.12 Å². The fourth-order valence-electron chi connectivity index (χ4n) is 1.77. The lowest BCUT2D eigenvalue weighted by atomic mass is 9.80. The van der Waals surface area contributed by atoms with Gasteiger partial charge in [0.2, 0.25) is 0 Å². The zero-order valence-electron chi connectivity index (χ0n) is 11.3. The summed E-state index contributed by atoms with van der Waals surface area (Å²) in [6, 6.07) is 6.80. The molecule has 0 aliphatic carbocycles. The van der Waals surface area contributed by atoms with Crippen LogP contribution >= 0.6 is 0 Å². The number of hydrogen-bond acceptors (Lipinski definition) is 4. The SMILES string of the molecule is CC(C)CN(C)CCOc1ccc(B(O)O)cc1. The summed E-state index contributed by atoms with van der Waals surface area (Å²) in [5.74, 6) is 1.40. The van der Waals surface area contributed by atoms with E-state index in [0.717, 1.165) is 18.8 Å². The molecule has 1 aromatic rings. The van der Waals surface area contributed by atoms with Gasteiger partial charge < -0.3 is 19.7 Å². The fourth-order valence-corrected chi connectivity index (χ4v) is 1.77. The van der Waals surface area contributed by atoms with Crippen molar-refractivity contribution in [3.63, 3.8) is 0 Å². The zero-order chi connectivity index (χ0) is 13.5. The van der Waals surface area contributed by atoms with E-state index in [0.29, 0.717) is 18.0 Å². The summed E-state index contributed by atoms with van der Waals surface area (Å²) >= 11 is 0. The maximum absolute atomic E-state index is 8.96. The molecule has 0 spiro atoms. The quantitative estimate of drug-likeness (QED) is 0.686. The minimum Gasteiger partial charge on any atom is -0.492 e. The van der Waals surface area contributed by atoms with Gasteiger partial charge in [0.25, 0.3) is 0 Å². The molecule has 0 heterocycles. The third-order valence-electron chi connectivity index (χ3n) is 2.60. The molecule has 1 aromatic carbocycles. The van der Waals surface area contributed by atoms with E-state index >= 15 is 0 Å². The summed E-state index contributed by atoms with van der Waals surface area (Å²) in [6.07, 6.45) is 0. The molecule has 0 amide bonds. The first kappa shape index (κ1) is 15.0. The van der Waals surface area contributed by atoms with Gasteiger partial charge in [0.15, 0.2) is 0 Å². The fraction of sp³-hybridized carbons (Fsp3) is 0.538. The first-order valence-corrected chi connectivity index (χ1v) is 6.26. The molecule has 5 heteroatoms. The summed E-state index contributed by atoms with van der Waals surface area (Å²) in [4.78, 5) is 2.23. The Morgan fingerprint density at radius 2 is 1.83 bits per heavy atom. The minimum absolute atomic E-state index is 0.472. The lowest BCUT2D eigenvalue weighted by Crippen LogP contribution is -2.29. The summed E-state index contributed by atoms with van der Waals surface area (Å²) in [5.41, 5.74) is 0.472. The van der Waals surface area contributed by atoms with Crippen molar-refractivity contribution in [2.24, 2.45) is 5.92 Å². The molecule has 100 valence electrons. The standard InChI is InChI=1S/C13H22BNO3/c1-11(2)10-15(3)8-9-18-13-6-4-12(5-7-13)14(16)17/h4-7,11,16-17H,8-10H2,1-3H3. The number of rotatable bonds is 7. The Labute approximate surface area is 109 Å². The molecule has 0 bridgehead atoms. The van der Waals surface area contributed by atoms with Crippen LogP contribution in [0.2, 0.25) is 0 Å². The Kier molecular flexibility index (Phi) is 6.19. The molecule has 0 saturated heterocycles. The first-order chi connectivity index (χ1) is 8.49. The van der Waals surface area contributed by atoms with Crippen LogP contribution in [0, 0.1) is 5.92 Å². The number of ether oxygens (including phenoxy) is 1. The van der Waals surface area contributed by atoms with Gasteiger partial charge in [0.1, 0.15) is 12.4 Å². The second-order valence-corrected chi connectivity index (χ2v) is 4.95. The molecular weight excluding hydrogens is 229 g/mol. The Bertz CT molecular complexity index is 341. The van der Waals surface area contributed by atoms with Crippen molar-refractivity contribution in [2.45, 2.75) is 13.8 Å². The molecule has 18 heavy (non-hydrogen) atoms. The van der Waals surface area contributed by atoms with E-state index in [1.54, 1.807) is 24.3 Å². The molecule has 0 aromatic heterocycles. The molecule has 2 N–H and O–H groups in total. The van der Waals surface area contributed by atoms with Crippen LogP contribution in [-0.4, -0.2) is 48.8 Å². The number of likely N-dealkylation sites (N-methyl/N-ethyl adjacent to an activating group) is 1. The summed E-state index contributed by atoms with van der Waals surface area (Å²) < 4.78 is 5.59. The van der Waals surface area contributed by atoms with Crippen LogP contribution in [0.4, 0.5) is 0 Å². The van der Waals surface area contributed by atoms with Crippen molar-refractivity contribution in [3.05, 3.63) is 24.3 Å². The van der Waals surface area contributed by atoms with E-state index in [1.807, 2.05) is 0 Å². The minimum atomic E-state index is -1.42. The van der Waals surface area contributed by atoms with E-state index in [-0.39, 0.29) is 0 Å². The summed E-state index contributed by atoms with van der Waals surface area (Å²) in [6.45, 7) is 6.94. The van der Waals surface area contributed by atoms with Crippen LogP contribution in [0.1, 0.15) is 13.8 Å². The Hall–Kier alpha value is -1.04. The third-order valence-corrected chi connectivity index (χ3v) is 2.60. The maximum atomic E-state index is 8.96. The van der Waals surface area contributed by atoms with E-state index in [9.17, 15) is 0 Å². The highest BCUT2D eigenvalue weighted by molar-refractivity contribution is 6.58. The highest BCUT2D eigenvalue weighted by Crippen LogP contribution is 2.07. The average molecular weight is 251 g/mol. The van der Waals surface area contributed by atoms with Crippen LogP contribution < -0.4 is 10.2 Å². The highest BCUT2D eigenvalue weighted by atomic mass is 16.5. The summed E-state index contributed by atoms with van der Waals surface area (Å²) in [5, 5.41) is 17.9. The van der Waals surface area contributed by atoms with Gasteiger partial charge in [-0.3, -0.25) is 0 Å². The van der Waals surface area contributed by atoms with Crippen molar-refractivity contribution in [1.82, 2.24) is 4.90 Å². The van der Waals surface area contributed by atoms with Crippen LogP contribution in [0.5, 0.6) is 5.75 Å². The monoisotopic (exact) mass is 251 g/mol. The van der Waals surface area contributed by atoms with Gasteiger partial charge >= 0.3 is 7.12 Å². The molecule has 0 radical (unpaired) electrons. The predicted molar refractivity (Wildman–Crippen MR) is 74.1 cm³/mol. The number of nitrogens with zero attached hydrogens (tertiary/aromatic N) is 1. The lowest BCUT2D eigenvalue weighted by molar-refractivity contribution is 0.223. The molecule has 4 nitrogen and oxygen atoms in total. The molecule has 0 unspecified atom stereocenters. The van der Waals surface area contributed by atoms with Crippen molar-refractivity contribution in [3.8, 4) is 5.75 Å². The predicted octanol–water partition coefficient (Wildman–Crippen LogP) is 0.333. The normalized spacial score (nSPS) is 11.1. The topological polar surface area (TPSA) is 52.9 Å². The van der Waals surface area contributed by atoms with Crippen molar-refractivity contribution < 1.29 is 14.8 Å². The molecule has 1 rings (SSSR count). The average Bonchev–Trinajstić information content (AvgIpc) is 2.28. The van der Waals surface area contributed by atoms with E-state index in [2.05, 4.69) is 25.8 Å². The largest absolute Gasteiger partial charge is 0.492 e. The van der Waals surface area contributed by atoms with Crippen LogP contribution in [0.3, 0.4) is 0 Å². The summed E-state index contributed by atoms with van der Waals surface area (Å²) in [7, 11) is 0.658. The second kappa shape index (κ2) is 7.41. The van der Waals surface area contributed by atoms with E-state index in [1.165, 1.54) is 0 Å². The van der Waals surface area contributed by atoms with E-state index in [4.69, 9.17) is 14.8 Å². The Morgan fingerprint density at radius 1 is 1.22 bits per heavy atom. The van der Waals surface area contributed by atoms with Gasteiger partial charge in [0.05, 0.1) is 0 Å². The molecule has 0 aliphatic heterocycles. The Morgan fingerprint density at radius 3 is 2.33 bits per heavy atom. The third kappa shape index (κ3) is 5.53. The van der Waals surface area contributed by atoms with Gasteiger partial charge in [-0.05, 0) is 30.6 Å². The van der Waals surface area contributed by atoms with Gasteiger partial charge in [-0.25, -0.2) is 0 Å². The van der Waals surface area contributed by atoms with Crippen LogP contribution in [-0.2, 0) is 0 Å². The van der Waals surface area contributed by atoms with Gasteiger partial charge in [-0.1, -0.05) is 26.0 Å². The molecule has 0 aliphatic rings. The molecule has 0 saturated carbocycles. The smallest absolute Gasteiger partial charge is 0.488 e. The zero-order valence-corrected chi connectivity index (χ0v) is 11.3. The van der Waals surface area contributed by atoms with Crippen molar-refractivity contribution in [1.29, 1.82) is 0 Å². The van der Waals surface area contributed by atoms with Gasteiger partial charge in [-0.2, -0.15) is 0 Å². The van der Waals surface area contributed by atoms with Gasteiger partial charge in [0, 0.05) is 13.1 Å². The second-order valence-electron chi connectivity index (χ2n) is 4.95. The van der Waals surface area contributed by atoms with Crippen LogP contribution in [0.15, 0.2) is 24.3 Å². The van der Waals surface area contributed by atoms with Gasteiger partial charge in [-0.15, -0.1) is 0 Å². The molecule has 0 atom stereocenters. The lowest BCUT2D eigenvalue weighted by Gasteiger charge is -2.18. The number of hydrogen-bond donors (Lipinski definition) is 2. The van der Waals surface area contributed by atoms with Crippen LogP contribution in [0.25, 0.3) is 0 Å². The first-order valence-electron chi connectivity index (χ1n) is 6.26. The highest BCUT2D eigenvalue weighted by Gasteiger charge is 2.09. The Balaban J connectivity index is 2.31. The maximum Gasteiger partial charge on any atom is 0.488 e. The van der Waals surface area contributed by atoms with Crippen molar-refractivity contribution in [2.75, 3.05) is 26.7 Å². The number of benzene rings is 1. The van der Waals surface area contributed by atoms with Crippen molar-refractivity contribution >= 4 is 12.6 Å². The molecule has 0 fully saturated rings. The molecular formula is C13H22BNO3.